The number of carbonyl (C=O) groups excluding carboxylic acids is 2. The van der Waals surface area contributed by atoms with Crippen molar-refractivity contribution in [3.8, 4) is 0 Å². The van der Waals surface area contributed by atoms with Crippen LogP contribution in [0.5, 0.6) is 0 Å². The zero-order valence-corrected chi connectivity index (χ0v) is 32.1. The third-order valence-corrected chi connectivity index (χ3v) is 11.8. The monoisotopic (exact) mass is 752 g/mol. The molecular formula is C33H57N2O11PS2. The van der Waals surface area contributed by atoms with E-state index in [9.17, 15) is 23.7 Å². The molecule has 1 saturated heterocycles. The minimum atomic E-state index is -4.25. The van der Waals surface area contributed by atoms with Gasteiger partial charge >= 0.3 is 25.5 Å². The number of ether oxygens (including phenoxy) is 3. The van der Waals surface area contributed by atoms with Crippen LogP contribution >= 0.6 is 29.4 Å². The van der Waals surface area contributed by atoms with Crippen molar-refractivity contribution in [1.29, 1.82) is 0 Å². The van der Waals surface area contributed by atoms with E-state index in [1.54, 1.807) is 21.6 Å². The van der Waals surface area contributed by atoms with Crippen molar-refractivity contribution in [3.05, 3.63) is 33.1 Å². The van der Waals surface area contributed by atoms with Gasteiger partial charge in [0.15, 0.2) is 18.4 Å². The van der Waals surface area contributed by atoms with Gasteiger partial charge in [-0.05, 0) is 6.42 Å². The molecule has 1 fully saturated rings. The summed E-state index contributed by atoms with van der Waals surface area (Å²) < 4.78 is 46.7. The highest BCUT2D eigenvalue weighted by atomic mass is 33.1. The summed E-state index contributed by atoms with van der Waals surface area (Å²) in [4.78, 5) is 49.9. The molecule has 0 aromatic carbocycles. The first-order chi connectivity index (χ1) is 23.6. The van der Waals surface area contributed by atoms with Crippen LogP contribution < -0.4 is 11.2 Å². The van der Waals surface area contributed by atoms with Crippen molar-refractivity contribution in [2.45, 2.75) is 148 Å². The number of hydrogen-bond donors (Lipinski definition) is 1. The van der Waals surface area contributed by atoms with Crippen molar-refractivity contribution in [2.24, 2.45) is 0 Å². The van der Waals surface area contributed by atoms with E-state index in [0.29, 0.717) is 5.75 Å². The number of nitrogens with zero attached hydrogens (tertiary/aromatic N) is 1. The maximum absolute atomic E-state index is 13.3. The van der Waals surface area contributed by atoms with Crippen LogP contribution in [0.3, 0.4) is 0 Å². The van der Waals surface area contributed by atoms with E-state index < -0.39 is 55.7 Å². The largest absolute Gasteiger partial charge is 0.477 e. The molecule has 1 aliphatic rings. The van der Waals surface area contributed by atoms with Crippen molar-refractivity contribution in [2.75, 3.05) is 25.2 Å². The standard InChI is InChI=1S/C33H57N2O11PS2/c1-5-6-7-8-9-10-11-12-13-14-15-16-17-18-19-20-24-48-49-25-23-42-47(40,41-4)46-32-30(44-27(3)37)29(43-26(2)36)31(45-32)35-22-21-28(38)34-33(35)39/h21-22,29-32H,5-20,23-25H2,1-4H3,(H,34,38,39)/t29-,30-,31?,32?,47?/m1/s1. The Morgan fingerprint density at radius 1 is 0.816 bits per heavy atom. The van der Waals surface area contributed by atoms with E-state index in [1.807, 2.05) is 0 Å². The van der Waals surface area contributed by atoms with Crippen molar-refractivity contribution >= 4 is 41.3 Å². The molecule has 49 heavy (non-hydrogen) atoms. The average molecular weight is 753 g/mol. The summed E-state index contributed by atoms with van der Waals surface area (Å²) in [7, 11) is 0.187. The molecule has 0 saturated carbocycles. The molecule has 2 heterocycles. The van der Waals surface area contributed by atoms with Gasteiger partial charge in [-0.15, -0.1) is 0 Å². The molecule has 2 rings (SSSR count). The third kappa shape index (κ3) is 17.9. The highest BCUT2D eigenvalue weighted by Gasteiger charge is 2.53. The molecule has 0 spiro atoms. The lowest BCUT2D eigenvalue weighted by Gasteiger charge is -2.24. The first-order valence-corrected chi connectivity index (χ1v) is 21.6. The van der Waals surface area contributed by atoms with Crippen LogP contribution in [-0.4, -0.2) is 65.2 Å². The number of nitrogens with one attached hydrogen (secondary N) is 1. The van der Waals surface area contributed by atoms with Gasteiger partial charge in [-0.2, -0.15) is 0 Å². The number of unbranched alkanes of at least 4 members (excludes halogenated alkanes) is 15. The summed E-state index contributed by atoms with van der Waals surface area (Å²) in [6, 6.07) is 1.06. The van der Waals surface area contributed by atoms with Crippen LogP contribution in [0.15, 0.2) is 21.9 Å². The van der Waals surface area contributed by atoms with E-state index >= 15 is 0 Å². The minimum absolute atomic E-state index is 0.0306. The number of carbonyl (C=O) groups is 2. The number of hydrogen-bond acceptors (Lipinski definition) is 13. The van der Waals surface area contributed by atoms with Gasteiger partial charge in [-0.3, -0.25) is 37.5 Å². The lowest BCUT2D eigenvalue weighted by Crippen LogP contribution is -2.41. The molecule has 1 aromatic heterocycles. The van der Waals surface area contributed by atoms with Gasteiger partial charge in [0.1, 0.15) is 0 Å². The van der Waals surface area contributed by atoms with Gasteiger partial charge < -0.3 is 14.2 Å². The number of aromatic nitrogens is 2. The van der Waals surface area contributed by atoms with E-state index in [-0.39, 0.29) is 6.61 Å². The molecule has 1 aliphatic heterocycles. The Morgan fingerprint density at radius 3 is 1.84 bits per heavy atom. The SMILES string of the molecule is CCCCCCCCCCCCCCCCCCSSCCOP(=O)(OC)OC1OC(n2ccc(=O)[nH]c2=O)[C@H](OC(C)=O)[C@H]1OC(C)=O. The Labute approximate surface area is 298 Å². The molecule has 0 bridgehead atoms. The first kappa shape index (κ1) is 43.6. The molecule has 0 radical (unpaired) electrons. The fourth-order valence-electron chi connectivity index (χ4n) is 5.44. The lowest BCUT2D eigenvalue weighted by molar-refractivity contribution is -0.173. The zero-order chi connectivity index (χ0) is 35.9. The number of aromatic amines is 1. The fourth-order valence-corrected chi connectivity index (χ4v) is 8.53. The van der Waals surface area contributed by atoms with Crippen LogP contribution in [-0.2, 0) is 41.9 Å². The highest BCUT2D eigenvalue weighted by molar-refractivity contribution is 8.76. The summed E-state index contributed by atoms with van der Waals surface area (Å²) in [5.74, 6) is -0.0382. The summed E-state index contributed by atoms with van der Waals surface area (Å²) in [6.45, 7) is 4.52. The average Bonchev–Trinajstić information content (AvgIpc) is 3.35. The van der Waals surface area contributed by atoms with Crippen molar-refractivity contribution in [3.63, 3.8) is 0 Å². The highest BCUT2D eigenvalue weighted by Crippen LogP contribution is 2.52. The van der Waals surface area contributed by atoms with Gasteiger partial charge in [0, 0.05) is 44.7 Å². The number of phosphoric ester groups is 1. The smallest absolute Gasteiger partial charge is 0.453 e. The van der Waals surface area contributed by atoms with Gasteiger partial charge in [0.05, 0.1) is 6.61 Å². The molecule has 3 unspecified atom stereocenters. The van der Waals surface area contributed by atoms with E-state index in [0.717, 1.165) is 50.0 Å². The second kappa shape index (κ2) is 25.4. The Bertz CT molecular complexity index is 1250. The maximum Gasteiger partial charge on any atom is 0.477 e. The van der Waals surface area contributed by atoms with E-state index in [1.165, 1.54) is 96.3 Å². The van der Waals surface area contributed by atoms with Crippen LogP contribution in [0, 0.1) is 0 Å². The number of esters is 2. The van der Waals surface area contributed by atoms with Crippen LogP contribution in [0.4, 0.5) is 0 Å². The van der Waals surface area contributed by atoms with Gasteiger partial charge in [0.25, 0.3) is 5.56 Å². The van der Waals surface area contributed by atoms with Crippen molar-refractivity contribution < 1.29 is 41.9 Å². The molecule has 0 amide bonds. The molecule has 16 heteroatoms. The molecular weight excluding hydrogens is 695 g/mol. The fraction of sp³-hybridized carbons (Fsp3) is 0.818. The molecule has 282 valence electrons. The van der Waals surface area contributed by atoms with Crippen molar-refractivity contribution in [1.82, 2.24) is 9.55 Å². The maximum atomic E-state index is 13.3. The molecule has 13 nitrogen and oxygen atoms in total. The van der Waals surface area contributed by atoms with E-state index in [2.05, 4.69) is 11.9 Å². The Kier molecular flexibility index (Phi) is 22.5. The predicted octanol–water partition coefficient (Wildman–Crippen LogP) is 7.69. The number of phosphoric acid groups is 1. The van der Waals surface area contributed by atoms with Gasteiger partial charge in [-0.25, -0.2) is 9.36 Å². The summed E-state index contributed by atoms with van der Waals surface area (Å²) in [6.07, 6.45) is 16.7. The zero-order valence-electron chi connectivity index (χ0n) is 29.6. The lowest BCUT2D eigenvalue weighted by atomic mass is 10.0. The van der Waals surface area contributed by atoms with Gasteiger partial charge in [0.2, 0.25) is 6.29 Å². The summed E-state index contributed by atoms with van der Waals surface area (Å²) in [5, 5.41) is 0. The van der Waals surface area contributed by atoms with Crippen LogP contribution in [0.2, 0.25) is 0 Å². The third-order valence-electron chi connectivity index (χ3n) is 7.91. The van der Waals surface area contributed by atoms with Crippen LogP contribution in [0.25, 0.3) is 0 Å². The van der Waals surface area contributed by atoms with Crippen LogP contribution in [0.1, 0.15) is 130 Å². The number of H-pyrrole nitrogens is 1. The molecule has 0 aliphatic carbocycles. The summed E-state index contributed by atoms with van der Waals surface area (Å²) >= 11 is 0. The van der Waals surface area contributed by atoms with E-state index in [4.69, 9.17) is 27.8 Å². The number of rotatable bonds is 28. The Morgan fingerprint density at radius 2 is 1.33 bits per heavy atom. The molecule has 5 atom stereocenters. The molecule has 1 aromatic rings. The minimum Gasteiger partial charge on any atom is -0.453 e. The Hall–Kier alpha value is -1.61. The van der Waals surface area contributed by atoms with Gasteiger partial charge in [-0.1, -0.05) is 125 Å². The predicted molar refractivity (Wildman–Crippen MR) is 192 cm³/mol. The Balaban J connectivity index is 1.66. The first-order valence-electron chi connectivity index (χ1n) is 17.6. The summed E-state index contributed by atoms with van der Waals surface area (Å²) in [5.41, 5.74) is -1.54. The second-order valence-corrected chi connectivity index (χ2v) is 16.5. The topological polar surface area (TPSA) is 161 Å². The quantitative estimate of drug-likeness (QED) is 0.0384. The second-order valence-electron chi connectivity index (χ2n) is 12.1. The molecule has 1 N–H and O–H groups in total. The normalized spacial score (nSPS) is 20.2.